The second kappa shape index (κ2) is 7.63. The van der Waals surface area contributed by atoms with Gasteiger partial charge in [-0.15, -0.1) is 0 Å². The molecule has 2 heterocycles. The number of aromatic amines is 1. The van der Waals surface area contributed by atoms with E-state index in [1.165, 1.54) is 30.5 Å². The molecule has 1 aromatic carbocycles. The average Bonchev–Trinajstić information content (AvgIpc) is 3.21. The van der Waals surface area contributed by atoms with Crippen molar-refractivity contribution in [1.82, 2.24) is 10.4 Å². The highest BCUT2D eigenvalue weighted by Gasteiger charge is 2.19. The second-order valence-electron chi connectivity index (χ2n) is 6.07. The Bertz CT molecular complexity index is 1080. The molecule has 0 spiro atoms. The van der Waals surface area contributed by atoms with Crippen LogP contribution in [0.1, 0.15) is 33.3 Å². The topological polar surface area (TPSA) is 105 Å². The first kappa shape index (κ1) is 18.7. The molecule has 27 heavy (non-hydrogen) atoms. The minimum absolute atomic E-state index is 0.00705. The molecular formula is C19H19N3O4S. The molecule has 0 aliphatic carbocycles. The van der Waals surface area contributed by atoms with Crippen LogP contribution in [-0.2, 0) is 15.6 Å². The van der Waals surface area contributed by atoms with Gasteiger partial charge >= 0.3 is 5.91 Å². The van der Waals surface area contributed by atoms with E-state index in [9.17, 15) is 13.2 Å². The number of H-pyrrole nitrogens is 1. The maximum atomic E-state index is 12.4. The van der Waals surface area contributed by atoms with Crippen LogP contribution in [0.2, 0.25) is 0 Å². The summed E-state index contributed by atoms with van der Waals surface area (Å²) in [6.07, 6.45) is 1.53. The number of hydrogen-bond donors (Lipinski definition) is 2. The Kier molecular flexibility index (Phi) is 5.27. The van der Waals surface area contributed by atoms with Crippen LogP contribution >= 0.6 is 0 Å². The molecule has 3 rings (SSSR count). The zero-order valence-electron chi connectivity index (χ0n) is 14.9. The van der Waals surface area contributed by atoms with Gasteiger partial charge in [-0.1, -0.05) is 18.2 Å². The predicted molar refractivity (Wildman–Crippen MR) is 101 cm³/mol. The standard InChI is InChI=1S/C19H19N3O4S/c1-13-10-15(14(2)21-13)11-20-22-19(23)18-9-8-16(26-18)12-27(24,25)17-6-4-3-5-7-17/h3-11,21H,12H2,1-2H3,(H,22,23)/b20-11+. The van der Waals surface area contributed by atoms with Crippen LogP contribution in [0.4, 0.5) is 0 Å². The fourth-order valence-corrected chi connectivity index (χ4v) is 3.84. The minimum atomic E-state index is -3.54. The van der Waals surface area contributed by atoms with Gasteiger partial charge < -0.3 is 9.40 Å². The molecule has 0 fully saturated rings. The molecule has 0 aliphatic rings. The lowest BCUT2D eigenvalue weighted by atomic mass is 10.3. The molecule has 0 saturated carbocycles. The number of amides is 1. The molecule has 7 nitrogen and oxygen atoms in total. The molecule has 0 aliphatic heterocycles. The number of furan rings is 1. The van der Waals surface area contributed by atoms with E-state index >= 15 is 0 Å². The van der Waals surface area contributed by atoms with Crippen LogP contribution in [0.25, 0.3) is 0 Å². The summed E-state index contributed by atoms with van der Waals surface area (Å²) in [6, 6.07) is 12.9. The van der Waals surface area contributed by atoms with E-state index in [-0.39, 0.29) is 22.2 Å². The van der Waals surface area contributed by atoms with Gasteiger partial charge in [0.2, 0.25) is 0 Å². The Labute approximate surface area is 157 Å². The molecule has 0 unspecified atom stereocenters. The van der Waals surface area contributed by atoms with Gasteiger partial charge in [-0.3, -0.25) is 4.79 Å². The number of hydrazone groups is 1. The number of rotatable bonds is 6. The van der Waals surface area contributed by atoms with Crippen molar-refractivity contribution in [2.24, 2.45) is 5.10 Å². The third-order valence-electron chi connectivity index (χ3n) is 3.88. The Morgan fingerprint density at radius 3 is 2.59 bits per heavy atom. The van der Waals surface area contributed by atoms with Crippen molar-refractivity contribution in [3.05, 3.63) is 77.0 Å². The van der Waals surface area contributed by atoms with Gasteiger partial charge in [0.1, 0.15) is 11.5 Å². The van der Waals surface area contributed by atoms with Crippen molar-refractivity contribution in [1.29, 1.82) is 0 Å². The molecule has 140 valence electrons. The van der Waals surface area contributed by atoms with Gasteiger partial charge in [-0.2, -0.15) is 5.10 Å². The monoisotopic (exact) mass is 385 g/mol. The largest absolute Gasteiger partial charge is 0.455 e. The number of hydrogen-bond acceptors (Lipinski definition) is 5. The first-order valence-corrected chi connectivity index (χ1v) is 9.86. The van der Waals surface area contributed by atoms with Gasteiger partial charge in [-0.05, 0) is 44.2 Å². The number of nitrogens with zero attached hydrogens (tertiary/aromatic N) is 1. The number of carbonyl (C=O) groups is 1. The molecule has 8 heteroatoms. The zero-order valence-corrected chi connectivity index (χ0v) is 15.7. The quantitative estimate of drug-likeness (QED) is 0.503. The summed E-state index contributed by atoms with van der Waals surface area (Å²) in [4.78, 5) is 15.4. The van der Waals surface area contributed by atoms with E-state index in [0.717, 1.165) is 17.0 Å². The summed E-state index contributed by atoms with van der Waals surface area (Å²) in [6.45, 7) is 3.83. The number of benzene rings is 1. The normalized spacial score (nSPS) is 11.8. The molecule has 0 radical (unpaired) electrons. The number of sulfone groups is 1. The van der Waals surface area contributed by atoms with E-state index in [1.807, 2.05) is 19.9 Å². The van der Waals surface area contributed by atoms with Crippen LogP contribution in [0.5, 0.6) is 0 Å². The molecule has 0 bridgehead atoms. The first-order valence-electron chi connectivity index (χ1n) is 8.21. The molecule has 0 atom stereocenters. The third-order valence-corrected chi connectivity index (χ3v) is 5.53. The summed E-state index contributed by atoms with van der Waals surface area (Å²) >= 11 is 0. The van der Waals surface area contributed by atoms with Gasteiger partial charge in [0.15, 0.2) is 15.6 Å². The summed E-state index contributed by atoms with van der Waals surface area (Å²) in [5.41, 5.74) is 5.17. The maximum absolute atomic E-state index is 12.4. The average molecular weight is 385 g/mol. The van der Waals surface area contributed by atoms with Crippen LogP contribution < -0.4 is 5.43 Å². The summed E-state index contributed by atoms with van der Waals surface area (Å²) in [5, 5.41) is 3.90. The molecule has 0 saturated heterocycles. The third kappa shape index (κ3) is 4.53. The molecular weight excluding hydrogens is 366 g/mol. The molecule has 3 aromatic rings. The lowest BCUT2D eigenvalue weighted by Gasteiger charge is -2.02. The van der Waals surface area contributed by atoms with Gasteiger partial charge in [-0.25, -0.2) is 13.8 Å². The highest BCUT2D eigenvalue weighted by Crippen LogP contribution is 2.18. The lowest BCUT2D eigenvalue weighted by Crippen LogP contribution is -2.16. The van der Waals surface area contributed by atoms with Crippen molar-refractivity contribution in [2.45, 2.75) is 24.5 Å². The van der Waals surface area contributed by atoms with Crippen molar-refractivity contribution in [3.63, 3.8) is 0 Å². The molecule has 2 aromatic heterocycles. The van der Waals surface area contributed by atoms with Gasteiger partial charge in [0.05, 0.1) is 11.1 Å². The van der Waals surface area contributed by atoms with E-state index < -0.39 is 15.7 Å². The highest BCUT2D eigenvalue weighted by atomic mass is 32.2. The lowest BCUT2D eigenvalue weighted by molar-refractivity contribution is 0.0926. The number of nitrogens with one attached hydrogen (secondary N) is 2. The van der Waals surface area contributed by atoms with Crippen molar-refractivity contribution >= 4 is 22.0 Å². The van der Waals surface area contributed by atoms with Crippen molar-refractivity contribution in [3.8, 4) is 0 Å². The SMILES string of the molecule is Cc1cc(/C=N/NC(=O)c2ccc(CS(=O)(=O)c3ccccc3)o2)c(C)[nH]1. The number of carbonyl (C=O) groups excluding carboxylic acids is 1. The smallest absolute Gasteiger partial charge is 0.307 e. The minimum Gasteiger partial charge on any atom is -0.455 e. The van der Waals surface area contributed by atoms with Crippen molar-refractivity contribution < 1.29 is 17.6 Å². The van der Waals surface area contributed by atoms with Crippen LogP contribution in [0, 0.1) is 13.8 Å². The Hall–Kier alpha value is -3.13. The van der Waals surface area contributed by atoms with E-state index in [0.29, 0.717) is 0 Å². The van der Waals surface area contributed by atoms with Crippen LogP contribution in [-0.4, -0.2) is 25.5 Å². The summed E-state index contributed by atoms with van der Waals surface area (Å²) < 4.78 is 30.1. The number of aromatic nitrogens is 1. The van der Waals surface area contributed by atoms with Crippen LogP contribution in [0.15, 0.2) is 62.9 Å². The highest BCUT2D eigenvalue weighted by molar-refractivity contribution is 7.90. The fourth-order valence-electron chi connectivity index (χ4n) is 2.57. The first-order chi connectivity index (χ1) is 12.8. The van der Waals surface area contributed by atoms with Crippen LogP contribution in [0.3, 0.4) is 0 Å². The van der Waals surface area contributed by atoms with Crippen molar-refractivity contribution in [2.75, 3.05) is 0 Å². The summed E-state index contributed by atoms with van der Waals surface area (Å²) in [7, 11) is -3.54. The Morgan fingerprint density at radius 2 is 1.93 bits per heavy atom. The number of aryl methyl sites for hydroxylation is 2. The van der Waals surface area contributed by atoms with Gasteiger partial charge in [0, 0.05) is 17.0 Å². The van der Waals surface area contributed by atoms with E-state index in [2.05, 4.69) is 15.5 Å². The zero-order chi connectivity index (χ0) is 19.4. The fraction of sp³-hybridized carbons (Fsp3) is 0.158. The van der Waals surface area contributed by atoms with E-state index in [4.69, 9.17) is 4.42 Å². The predicted octanol–water partition coefficient (Wildman–Crippen LogP) is 2.96. The van der Waals surface area contributed by atoms with Gasteiger partial charge in [0.25, 0.3) is 0 Å². The Balaban J connectivity index is 1.65. The molecule has 1 amide bonds. The maximum Gasteiger partial charge on any atom is 0.307 e. The molecule has 2 N–H and O–H groups in total. The summed E-state index contributed by atoms with van der Waals surface area (Å²) in [5.74, 6) is -0.702. The Morgan fingerprint density at radius 1 is 1.19 bits per heavy atom. The van der Waals surface area contributed by atoms with E-state index in [1.54, 1.807) is 18.2 Å². The second-order valence-corrected chi connectivity index (χ2v) is 8.06.